The van der Waals surface area contributed by atoms with E-state index in [0.29, 0.717) is 26.2 Å². The minimum Gasteiger partial charge on any atom is -0.287 e. The summed E-state index contributed by atoms with van der Waals surface area (Å²) >= 11 is 0. The summed E-state index contributed by atoms with van der Waals surface area (Å²) in [5, 5.41) is 0. The fourth-order valence-corrected chi connectivity index (χ4v) is 1.86. The lowest BCUT2D eigenvalue weighted by Gasteiger charge is -2.15. The maximum absolute atomic E-state index is 11.6. The van der Waals surface area contributed by atoms with E-state index >= 15 is 0 Å². The summed E-state index contributed by atoms with van der Waals surface area (Å²) < 4.78 is 26.4. The quantitative estimate of drug-likeness (QED) is 0.349. The number of rotatable bonds is 8. The summed E-state index contributed by atoms with van der Waals surface area (Å²) in [5.41, 5.74) is 0. The summed E-state index contributed by atoms with van der Waals surface area (Å²) in [6, 6.07) is 0. The molecule has 0 aromatic carbocycles. The Morgan fingerprint density at radius 3 is 2.15 bits per heavy atom. The van der Waals surface area contributed by atoms with Gasteiger partial charge in [-0.3, -0.25) is 13.6 Å². The van der Waals surface area contributed by atoms with E-state index in [1.54, 1.807) is 19.9 Å². The van der Waals surface area contributed by atoms with Gasteiger partial charge in [0.15, 0.2) is 0 Å². The zero-order valence-corrected chi connectivity index (χ0v) is 9.09. The van der Waals surface area contributed by atoms with Gasteiger partial charge in [0, 0.05) is 0 Å². The van der Waals surface area contributed by atoms with Crippen LogP contribution in [0.25, 0.3) is 0 Å². The Balaban J connectivity index is 3.91. The molecule has 0 amide bonds. The molecule has 0 spiro atoms. The molecule has 0 aliphatic carbocycles. The lowest BCUT2D eigenvalue weighted by molar-refractivity contribution is 0.123. The molecule has 4 nitrogen and oxygen atoms in total. The van der Waals surface area contributed by atoms with Crippen LogP contribution in [0.4, 0.5) is 0 Å². The molecule has 0 aliphatic rings. The topological polar surface area (TPSA) is 44.8 Å². The lowest BCUT2D eigenvalue weighted by atomic mass is 10.5. The van der Waals surface area contributed by atoms with Crippen LogP contribution in [0.2, 0.25) is 0 Å². The summed E-state index contributed by atoms with van der Waals surface area (Å²) in [4.78, 5) is 0. The molecule has 0 aromatic heterocycles. The van der Waals surface area contributed by atoms with Crippen LogP contribution in [-0.2, 0) is 18.1 Å². The maximum Gasteiger partial charge on any atom is 0.474 e. The van der Waals surface area contributed by atoms with Crippen molar-refractivity contribution in [2.75, 3.05) is 19.8 Å². The van der Waals surface area contributed by atoms with Gasteiger partial charge in [0.25, 0.3) is 0 Å². The third kappa shape index (κ3) is 5.99. The van der Waals surface area contributed by atoms with Gasteiger partial charge in [0.2, 0.25) is 0 Å². The zero-order valence-electron chi connectivity index (χ0n) is 8.19. The monoisotopic (exact) mass is 208 g/mol. The lowest BCUT2D eigenvalue weighted by Crippen LogP contribution is -2.00. The molecule has 0 N–H and O–H groups in total. The van der Waals surface area contributed by atoms with Crippen molar-refractivity contribution in [2.45, 2.75) is 20.3 Å². The van der Waals surface area contributed by atoms with Crippen LogP contribution in [0.15, 0.2) is 12.7 Å². The molecule has 0 heterocycles. The molecule has 0 saturated carbocycles. The Morgan fingerprint density at radius 1 is 1.23 bits per heavy atom. The summed E-state index contributed by atoms with van der Waals surface area (Å²) in [6.45, 7) is 7.93. The molecule has 0 aromatic rings. The van der Waals surface area contributed by atoms with E-state index in [4.69, 9.17) is 13.6 Å². The van der Waals surface area contributed by atoms with E-state index in [1.165, 1.54) is 0 Å². The van der Waals surface area contributed by atoms with Crippen LogP contribution >= 0.6 is 7.82 Å². The van der Waals surface area contributed by atoms with Gasteiger partial charge in [-0.15, -0.1) is 6.58 Å². The van der Waals surface area contributed by atoms with Gasteiger partial charge in [0.1, 0.15) is 0 Å². The van der Waals surface area contributed by atoms with Crippen LogP contribution in [-0.4, -0.2) is 19.8 Å². The Morgan fingerprint density at radius 2 is 1.77 bits per heavy atom. The normalized spacial score (nSPS) is 11.5. The van der Waals surface area contributed by atoms with Crippen molar-refractivity contribution < 1.29 is 18.1 Å². The number of hydrogen-bond donors (Lipinski definition) is 0. The van der Waals surface area contributed by atoms with Crippen molar-refractivity contribution in [3.63, 3.8) is 0 Å². The number of phosphoric acid groups is 1. The second kappa shape index (κ2) is 7.27. The van der Waals surface area contributed by atoms with Crippen LogP contribution in [0.1, 0.15) is 20.3 Å². The summed E-state index contributed by atoms with van der Waals surface area (Å²) in [6.07, 6.45) is 2.31. The van der Waals surface area contributed by atoms with Crippen LogP contribution in [0.5, 0.6) is 0 Å². The third-order valence-electron chi connectivity index (χ3n) is 1.15. The first-order valence-corrected chi connectivity index (χ1v) is 5.79. The van der Waals surface area contributed by atoms with Gasteiger partial charge >= 0.3 is 7.82 Å². The van der Waals surface area contributed by atoms with E-state index in [1.807, 2.05) is 0 Å². The molecule has 0 radical (unpaired) electrons. The smallest absolute Gasteiger partial charge is 0.287 e. The first kappa shape index (κ1) is 12.8. The van der Waals surface area contributed by atoms with Gasteiger partial charge in [-0.1, -0.05) is 6.08 Å². The van der Waals surface area contributed by atoms with E-state index in [9.17, 15) is 4.57 Å². The molecule has 13 heavy (non-hydrogen) atoms. The van der Waals surface area contributed by atoms with Crippen molar-refractivity contribution in [3.8, 4) is 0 Å². The van der Waals surface area contributed by atoms with Crippen LogP contribution in [0.3, 0.4) is 0 Å². The molecule has 0 saturated heterocycles. The summed E-state index contributed by atoms with van der Waals surface area (Å²) in [7, 11) is -3.30. The predicted molar refractivity (Wildman–Crippen MR) is 51.6 cm³/mol. The zero-order chi connectivity index (χ0) is 10.2. The first-order valence-electron chi connectivity index (χ1n) is 4.33. The second-order valence-corrected chi connectivity index (χ2v) is 3.86. The largest absolute Gasteiger partial charge is 0.474 e. The van der Waals surface area contributed by atoms with Gasteiger partial charge < -0.3 is 0 Å². The van der Waals surface area contributed by atoms with Crippen molar-refractivity contribution in [3.05, 3.63) is 12.7 Å². The van der Waals surface area contributed by atoms with E-state index in [0.717, 1.165) is 0 Å². The van der Waals surface area contributed by atoms with Gasteiger partial charge in [-0.2, -0.15) is 0 Å². The molecule has 0 fully saturated rings. The SMILES string of the molecule is C=CCCOP(=O)(OCC)OCC. The minimum atomic E-state index is -3.30. The predicted octanol–water partition coefficient (Wildman–Crippen LogP) is 2.76. The molecule has 0 rings (SSSR count). The van der Waals surface area contributed by atoms with Gasteiger partial charge in [-0.05, 0) is 20.3 Å². The highest BCUT2D eigenvalue weighted by Crippen LogP contribution is 2.49. The Kier molecular flexibility index (Phi) is 7.19. The minimum absolute atomic E-state index is 0.306. The molecule has 5 heteroatoms. The fourth-order valence-electron chi connectivity index (χ4n) is 0.676. The highest BCUT2D eigenvalue weighted by atomic mass is 31.2. The Bertz CT molecular complexity index is 171. The standard InChI is InChI=1S/C8H17O4P/c1-4-7-8-12-13(9,10-5-2)11-6-3/h4H,1,5-8H2,2-3H3. The second-order valence-electron chi connectivity index (χ2n) is 2.19. The highest BCUT2D eigenvalue weighted by Gasteiger charge is 2.24. The number of hydrogen-bond acceptors (Lipinski definition) is 4. The van der Waals surface area contributed by atoms with Gasteiger partial charge in [-0.25, -0.2) is 4.57 Å². The average Bonchev–Trinajstić information content (AvgIpc) is 2.05. The molecular weight excluding hydrogens is 191 g/mol. The Labute approximate surface area is 79.5 Å². The van der Waals surface area contributed by atoms with E-state index < -0.39 is 7.82 Å². The molecular formula is C8H17O4P. The van der Waals surface area contributed by atoms with Gasteiger partial charge in [0.05, 0.1) is 19.8 Å². The third-order valence-corrected chi connectivity index (χ3v) is 2.79. The van der Waals surface area contributed by atoms with Crippen molar-refractivity contribution >= 4 is 7.82 Å². The van der Waals surface area contributed by atoms with Crippen molar-refractivity contribution in [1.82, 2.24) is 0 Å². The Hall–Kier alpha value is -0.150. The molecule has 78 valence electrons. The van der Waals surface area contributed by atoms with Crippen molar-refractivity contribution in [1.29, 1.82) is 0 Å². The van der Waals surface area contributed by atoms with Crippen LogP contribution in [0, 0.1) is 0 Å². The maximum atomic E-state index is 11.6. The number of phosphoric ester groups is 1. The average molecular weight is 208 g/mol. The van der Waals surface area contributed by atoms with E-state index in [2.05, 4.69) is 6.58 Å². The molecule has 0 unspecified atom stereocenters. The molecule has 0 bridgehead atoms. The molecule has 0 atom stereocenters. The highest BCUT2D eigenvalue weighted by molar-refractivity contribution is 7.48. The van der Waals surface area contributed by atoms with Crippen LogP contribution < -0.4 is 0 Å². The first-order chi connectivity index (χ1) is 6.18. The van der Waals surface area contributed by atoms with Crippen molar-refractivity contribution in [2.24, 2.45) is 0 Å². The fraction of sp³-hybridized carbons (Fsp3) is 0.750. The summed E-state index contributed by atoms with van der Waals surface area (Å²) in [5.74, 6) is 0. The van der Waals surface area contributed by atoms with E-state index in [-0.39, 0.29) is 0 Å². The molecule has 0 aliphatic heterocycles.